The van der Waals surface area contributed by atoms with Gasteiger partial charge in [0.15, 0.2) is 0 Å². The standard InChI is InChI=1S/C7H12OS/c1-3-5-7(8)6-9-4-2/h3H,1,4-6H2,2H3. The smallest absolute Gasteiger partial charge is 0.146 e. The second-order valence-corrected chi connectivity index (χ2v) is 2.94. The van der Waals surface area contributed by atoms with Crippen molar-refractivity contribution in [3.05, 3.63) is 12.7 Å². The van der Waals surface area contributed by atoms with Crippen molar-refractivity contribution in [1.82, 2.24) is 0 Å². The molecule has 0 saturated heterocycles. The van der Waals surface area contributed by atoms with Gasteiger partial charge < -0.3 is 0 Å². The number of allylic oxidation sites excluding steroid dienone is 1. The number of hydrogen-bond donors (Lipinski definition) is 0. The second-order valence-electron chi connectivity index (χ2n) is 1.67. The first-order chi connectivity index (χ1) is 4.31. The summed E-state index contributed by atoms with van der Waals surface area (Å²) >= 11 is 1.66. The normalized spacial score (nSPS) is 9.00. The number of rotatable bonds is 5. The first-order valence-corrected chi connectivity index (χ1v) is 4.17. The predicted molar refractivity (Wildman–Crippen MR) is 42.8 cm³/mol. The van der Waals surface area contributed by atoms with Crippen LogP contribution in [0.2, 0.25) is 0 Å². The van der Waals surface area contributed by atoms with E-state index in [4.69, 9.17) is 0 Å². The van der Waals surface area contributed by atoms with Crippen LogP contribution in [0.25, 0.3) is 0 Å². The van der Waals surface area contributed by atoms with Crippen LogP contribution in [0.5, 0.6) is 0 Å². The molecule has 0 rings (SSSR count). The van der Waals surface area contributed by atoms with E-state index in [9.17, 15) is 4.79 Å². The molecule has 0 amide bonds. The molecule has 2 heteroatoms. The minimum absolute atomic E-state index is 0.275. The van der Waals surface area contributed by atoms with Gasteiger partial charge in [-0.2, -0.15) is 11.8 Å². The van der Waals surface area contributed by atoms with Gasteiger partial charge in [-0.25, -0.2) is 0 Å². The molecule has 0 aromatic heterocycles. The highest BCUT2D eigenvalue weighted by Gasteiger charge is 1.95. The number of carbonyl (C=O) groups excluding carboxylic acids is 1. The average Bonchev–Trinajstić information content (AvgIpc) is 1.85. The zero-order valence-electron chi connectivity index (χ0n) is 5.72. The molecule has 0 bridgehead atoms. The first kappa shape index (κ1) is 8.76. The third-order valence-electron chi connectivity index (χ3n) is 0.839. The van der Waals surface area contributed by atoms with Crippen LogP contribution in [0.15, 0.2) is 12.7 Å². The van der Waals surface area contributed by atoms with Gasteiger partial charge in [0.2, 0.25) is 0 Å². The summed E-state index contributed by atoms with van der Waals surface area (Å²) in [7, 11) is 0. The number of ketones is 1. The first-order valence-electron chi connectivity index (χ1n) is 3.01. The van der Waals surface area contributed by atoms with E-state index >= 15 is 0 Å². The van der Waals surface area contributed by atoms with Gasteiger partial charge >= 0.3 is 0 Å². The Morgan fingerprint density at radius 1 is 1.78 bits per heavy atom. The fourth-order valence-electron chi connectivity index (χ4n) is 0.436. The molecule has 0 fully saturated rings. The summed E-state index contributed by atoms with van der Waals surface area (Å²) in [5.41, 5.74) is 0. The van der Waals surface area contributed by atoms with Crippen molar-refractivity contribution in [3.63, 3.8) is 0 Å². The van der Waals surface area contributed by atoms with Gasteiger partial charge in [0, 0.05) is 6.42 Å². The molecule has 0 saturated carbocycles. The summed E-state index contributed by atoms with van der Waals surface area (Å²) in [6.07, 6.45) is 2.17. The minimum Gasteiger partial charge on any atom is -0.298 e. The van der Waals surface area contributed by atoms with E-state index in [2.05, 4.69) is 6.58 Å². The van der Waals surface area contributed by atoms with Crippen molar-refractivity contribution in [2.45, 2.75) is 13.3 Å². The molecule has 0 aliphatic heterocycles. The molecule has 0 N–H and O–H groups in total. The molecule has 0 radical (unpaired) electrons. The second kappa shape index (κ2) is 5.89. The fourth-order valence-corrected chi connectivity index (χ4v) is 0.985. The van der Waals surface area contributed by atoms with Crippen molar-refractivity contribution >= 4 is 17.5 Å². The van der Waals surface area contributed by atoms with Crippen molar-refractivity contribution in [1.29, 1.82) is 0 Å². The highest BCUT2D eigenvalue weighted by atomic mass is 32.2. The summed E-state index contributed by atoms with van der Waals surface area (Å²) in [4.78, 5) is 10.7. The van der Waals surface area contributed by atoms with Gasteiger partial charge in [-0.05, 0) is 5.75 Å². The third kappa shape index (κ3) is 5.63. The Morgan fingerprint density at radius 3 is 2.89 bits per heavy atom. The van der Waals surface area contributed by atoms with Crippen LogP contribution in [0, 0.1) is 0 Å². The van der Waals surface area contributed by atoms with E-state index in [1.807, 2.05) is 6.92 Å². The molecular formula is C7H12OS. The van der Waals surface area contributed by atoms with E-state index < -0.39 is 0 Å². The summed E-state index contributed by atoms with van der Waals surface area (Å²) in [6.45, 7) is 5.53. The van der Waals surface area contributed by atoms with Gasteiger partial charge in [0.1, 0.15) is 5.78 Å². The molecule has 0 aromatic rings. The van der Waals surface area contributed by atoms with Gasteiger partial charge in [0.25, 0.3) is 0 Å². The van der Waals surface area contributed by atoms with Gasteiger partial charge in [-0.1, -0.05) is 13.0 Å². The topological polar surface area (TPSA) is 17.1 Å². The maximum absolute atomic E-state index is 10.7. The Bertz CT molecular complexity index is 99.1. The van der Waals surface area contributed by atoms with E-state index in [1.165, 1.54) is 0 Å². The molecule has 9 heavy (non-hydrogen) atoms. The number of thioether (sulfide) groups is 1. The van der Waals surface area contributed by atoms with Crippen molar-refractivity contribution in [2.75, 3.05) is 11.5 Å². The lowest BCUT2D eigenvalue weighted by molar-refractivity contribution is -0.115. The predicted octanol–water partition coefficient (Wildman–Crippen LogP) is 1.88. The molecule has 0 aliphatic carbocycles. The number of Topliss-reactive ketones (excluding diaryl/α,β-unsaturated/α-hetero) is 1. The van der Waals surface area contributed by atoms with Crippen LogP contribution in [0.3, 0.4) is 0 Å². The Balaban J connectivity index is 3.16. The fraction of sp³-hybridized carbons (Fsp3) is 0.571. The molecule has 0 atom stereocenters. The van der Waals surface area contributed by atoms with Crippen LogP contribution in [-0.2, 0) is 4.79 Å². The SMILES string of the molecule is C=CCC(=O)CSCC. The number of carbonyl (C=O) groups is 1. The maximum Gasteiger partial charge on any atom is 0.146 e. The average molecular weight is 144 g/mol. The highest BCUT2D eigenvalue weighted by Crippen LogP contribution is 1.99. The van der Waals surface area contributed by atoms with Gasteiger partial charge in [-0.3, -0.25) is 4.79 Å². The monoisotopic (exact) mass is 144 g/mol. The van der Waals surface area contributed by atoms with Crippen molar-refractivity contribution < 1.29 is 4.79 Å². The molecule has 0 aromatic carbocycles. The van der Waals surface area contributed by atoms with Crippen molar-refractivity contribution in [2.24, 2.45) is 0 Å². The lowest BCUT2D eigenvalue weighted by Gasteiger charge is -1.92. The summed E-state index contributed by atoms with van der Waals surface area (Å²) in [5.74, 6) is 1.93. The highest BCUT2D eigenvalue weighted by molar-refractivity contribution is 7.99. The third-order valence-corrected chi connectivity index (χ3v) is 1.77. The van der Waals surface area contributed by atoms with Crippen LogP contribution in [-0.4, -0.2) is 17.3 Å². The molecule has 1 nitrogen and oxygen atoms in total. The van der Waals surface area contributed by atoms with Crippen LogP contribution in [0.4, 0.5) is 0 Å². The molecule has 0 heterocycles. The maximum atomic E-state index is 10.7. The molecule has 0 unspecified atom stereocenters. The lowest BCUT2D eigenvalue weighted by atomic mass is 10.3. The van der Waals surface area contributed by atoms with E-state index in [0.29, 0.717) is 12.2 Å². The van der Waals surface area contributed by atoms with E-state index in [0.717, 1.165) is 5.75 Å². The largest absolute Gasteiger partial charge is 0.298 e. The molecule has 52 valence electrons. The molecule has 0 spiro atoms. The Morgan fingerprint density at radius 2 is 2.44 bits per heavy atom. The summed E-state index contributed by atoms with van der Waals surface area (Å²) < 4.78 is 0. The van der Waals surface area contributed by atoms with Gasteiger partial charge in [0.05, 0.1) is 5.75 Å². The summed E-state index contributed by atoms with van der Waals surface area (Å²) in [6, 6.07) is 0. The lowest BCUT2D eigenvalue weighted by Crippen LogP contribution is -1.98. The van der Waals surface area contributed by atoms with E-state index in [1.54, 1.807) is 17.8 Å². The van der Waals surface area contributed by atoms with Crippen molar-refractivity contribution in [3.8, 4) is 0 Å². The Hall–Kier alpha value is -0.240. The van der Waals surface area contributed by atoms with Crippen LogP contribution < -0.4 is 0 Å². The zero-order valence-corrected chi connectivity index (χ0v) is 6.54. The minimum atomic E-state index is 0.275. The number of hydrogen-bond acceptors (Lipinski definition) is 2. The van der Waals surface area contributed by atoms with Crippen LogP contribution >= 0.6 is 11.8 Å². The van der Waals surface area contributed by atoms with E-state index in [-0.39, 0.29) is 5.78 Å². The van der Waals surface area contributed by atoms with Crippen LogP contribution in [0.1, 0.15) is 13.3 Å². The van der Waals surface area contributed by atoms with Gasteiger partial charge in [-0.15, -0.1) is 6.58 Å². The molecular weight excluding hydrogens is 132 g/mol. The Kier molecular flexibility index (Phi) is 5.73. The molecule has 0 aliphatic rings. The Labute approximate surface area is 60.5 Å². The zero-order chi connectivity index (χ0) is 7.11. The quantitative estimate of drug-likeness (QED) is 0.548. The summed E-state index contributed by atoms with van der Waals surface area (Å²) in [5, 5.41) is 0.